The number of ketones is 1. The second-order valence-electron chi connectivity index (χ2n) is 11.7. The molecular formula is C34H25BrClFN2O5. The van der Waals surface area contributed by atoms with E-state index in [2.05, 4.69) is 15.9 Å². The van der Waals surface area contributed by atoms with Crippen molar-refractivity contribution in [3.8, 4) is 11.3 Å². The predicted octanol–water partition coefficient (Wildman–Crippen LogP) is 7.34. The van der Waals surface area contributed by atoms with Crippen LogP contribution in [0.3, 0.4) is 0 Å². The third-order valence-electron chi connectivity index (χ3n) is 9.29. The summed E-state index contributed by atoms with van der Waals surface area (Å²) < 4.78 is 19.3. The van der Waals surface area contributed by atoms with E-state index in [-0.39, 0.29) is 34.8 Å². The van der Waals surface area contributed by atoms with Crippen molar-refractivity contribution in [1.29, 1.82) is 0 Å². The van der Waals surface area contributed by atoms with E-state index < -0.39 is 24.2 Å². The van der Waals surface area contributed by atoms with E-state index in [4.69, 9.17) is 21.3 Å². The number of halogens is 3. The molecule has 44 heavy (non-hydrogen) atoms. The Morgan fingerprint density at radius 3 is 2.27 bits per heavy atom. The molecule has 0 spiro atoms. The van der Waals surface area contributed by atoms with Gasteiger partial charge in [0.25, 0.3) is 0 Å². The molecule has 2 saturated carbocycles. The Balaban J connectivity index is 1.20. The Morgan fingerprint density at radius 1 is 1.00 bits per heavy atom. The summed E-state index contributed by atoms with van der Waals surface area (Å²) in [5.74, 6) is -1.74. The smallest absolute Gasteiger partial charge is 0.339 e. The van der Waals surface area contributed by atoms with Crippen molar-refractivity contribution in [2.45, 2.75) is 26.2 Å². The van der Waals surface area contributed by atoms with Crippen molar-refractivity contribution in [2.24, 2.45) is 23.7 Å². The second kappa shape index (κ2) is 10.9. The normalized spacial score (nSPS) is 22.1. The molecule has 1 aromatic heterocycles. The number of Topliss-reactive ketones (excluding diaryl/α,β-unsaturated/α-hetero) is 1. The minimum atomic E-state index is -0.742. The number of imide groups is 1. The number of rotatable bonds is 6. The molecule has 2 heterocycles. The zero-order chi connectivity index (χ0) is 30.9. The van der Waals surface area contributed by atoms with Crippen LogP contribution in [0.5, 0.6) is 0 Å². The number of carbonyl (C=O) groups is 4. The average Bonchev–Trinajstić information content (AvgIpc) is 3.72. The van der Waals surface area contributed by atoms with Crippen molar-refractivity contribution in [2.75, 3.05) is 11.5 Å². The van der Waals surface area contributed by atoms with Gasteiger partial charge in [-0.05, 0) is 108 Å². The first kappa shape index (κ1) is 28.8. The van der Waals surface area contributed by atoms with Gasteiger partial charge >= 0.3 is 5.97 Å². The maximum Gasteiger partial charge on any atom is 0.339 e. The number of hydrogen-bond donors (Lipinski definition) is 0. The lowest BCUT2D eigenvalue weighted by Crippen LogP contribution is -2.32. The summed E-state index contributed by atoms with van der Waals surface area (Å²) in [5, 5.41) is 0.918. The SMILES string of the molecule is Cc1c(Cl)c(Br)cc2c(C(=O)OCC(=O)c3ccc(F)cc3)cc(-c3ccc(N4C(=O)C5C6CCC(C6)C5C4=O)cc3)nc12. The van der Waals surface area contributed by atoms with Crippen LogP contribution in [0.1, 0.15) is 45.5 Å². The highest BCUT2D eigenvalue weighted by atomic mass is 79.9. The van der Waals surface area contributed by atoms with Gasteiger partial charge in [0.2, 0.25) is 11.8 Å². The molecular weight excluding hydrogens is 651 g/mol. The number of nitrogens with zero attached hydrogens (tertiary/aromatic N) is 2. The van der Waals surface area contributed by atoms with E-state index in [0.717, 1.165) is 31.4 Å². The Bertz CT molecular complexity index is 1870. The summed E-state index contributed by atoms with van der Waals surface area (Å²) in [6, 6.07) is 15.2. The summed E-state index contributed by atoms with van der Waals surface area (Å²) in [4.78, 5) is 58.8. The lowest BCUT2D eigenvalue weighted by Gasteiger charge is -2.19. The third kappa shape index (κ3) is 4.64. The first-order valence-electron chi connectivity index (χ1n) is 14.4. The largest absolute Gasteiger partial charge is 0.454 e. The monoisotopic (exact) mass is 674 g/mol. The van der Waals surface area contributed by atoms with Crippen LogP contribution in [-0.2, 0) is 14.3 Å². The van der Waals surface area contributed by atoms with Gasteiger partial charge in [-0.15, -0.1) is 0 Å². The van der Waals surface area contributed by atoms with E-state index in [9.17, 15) is 23.6 Å². The average molecular weight is 676 g/mol. The van der Waals surface area contributed by atoms with E-state index in [0.29, 0.717) is 54.7 Å². The number of aromatic nitrogens is 1. The molecule has 4 aromatic rings. The fourth-order valence-corrected chi connectivity index (χ4v) is 7.82. The van der Waals surface area contributed by atoms with E-state index >= 15 is 0 Å². The first-order valence-corrected chi connectivity index (χ1v) is 15.5. The van der Waals surface area contributed by atoms with Crippen molar-refractivity contribution in [3.05, 3.63) is 92.7 Å². The molecule has 7 nitrogen and oxygen atoms in total. The van der Waals surface area contributed by atoms with E-state index in [1.165, 1.54) is 17.0 Å². The first-order chi connectivity index (χ1) is 21.1. The van der Waals surface area contributed by atoms with Crippen LogP contribution in [0, 0.1) is 36.4 Å². The standard InChI is InChI=1S/C34H25BrClFN2O5/c1-16-30(36)25(35)13-23-24(34(43)44-15-27(40)18-4-8-21(37)9-5-18)14-26(38-31(16)23)17-6-10-22(11-7-17)39-32(41)28-19-2-3-20(12-19)29(28)33(39)42/h4-11,13-14,19-20,28-29H,2-3,12,15H2,1H3. The lowest BCUT2D eigenvalue weighted by molar-refractivity contribution is -0.123. The Labute approximate surface area is 265 Å². The minimum absolute atomic E-state index is 0.111. The highest BCUT2D eigenvalue weighted by Crippen LogP contribution is 2.56. The quantitative estimate of drug-likeness (QED) is 0.121. The fraction of sp³-hybridized carbons (Fsp3) is 0.265. The second-order valence-corrected chi connectivity index (χ2v) is 12.9. The molecule has 1 saturated heterocycles. The third-order valence-corrected chi connectivity index (χ3v) is 10.6. The van der Waals surface area contributed by atoms with Gasteiger partial charge in [0.15, 0.2) is 12.4 Å². The number of amides is 2. The molecule has 3 fully saturated rings. The number of benzene rings is 3. The van der Waals surface area contributed by atoms with Gasteiger partial charge in [0.05, 0.1) is 39.3 Å². The van der Waals surface area contributed by atoms with Gasteiger partial charge in [-0.3, -0.25) is 19.3 Å². The lowest BCUT2D eigenvalue weighted by atomic mass is 9.81. The molecule has 4 atom stereocenters. The molecule has 3 aromatic carbocycles. The molecule has 2 aliphatic carbocycles. The van der Waals surface area contributed by atoms with Crippen molar-refractivity contribution < 1.29 is 28.3 Å². The number of pyridine rings is 1. The molecule has 10 heteroatoms. The Hall–Kier alpha value is -3.95. The minimum Gasteiger partial charge on any atom is -0.454 e. The molecule has 0 radical (unpaired) electrons. The van der Waals surface area contributed by atoms with Gasteiger partial charge in [0, 0.05) is 21.0 Å². The van der Waals surface area contributed by atoms with Crippen LogP contribution in [0.2, 0.25) is 5.02 Å². The molecule has 2 amide bonds. The maximum absolute atomic E-state index is 13.4. The topological polar surface area (TPSA) is 93.6 Å². The van der Waals surface area contributed by atoms with Gasteiger partial charge in [-0.25, -0.2) is 14.2 Å². The number of carbonyl (C=O) groups excluding carboxylic acids is 4. The van der Waals surface area contributed by atoms with Crippen LogP contribution in [0.25, 0.3) is 22.2 Å². The van der Waals surface area contributed by atoms with Crippen molar-refractivity contribution in [1.82, 2.24) is 4.98 Å². The molecule has 4 unspecified atom stereocenters. The molecule has 7 rings (SSSR count). The highest BCUT2D eigenvalue weighted by molar-refractivity contribution is 9.10. The zero-order valence-electron chi connectivity index (χ0n) is 23.5. The summed E-state index contributed by atoms with van der Waals surface area (Å²) in [6.07, 6.45) is 2.99. The predicted molar refractivity (Wildman–Crippen MR) is 166 cm³/mol. The van der Waals surface area contributed by atoms with Gasteiger partial charge in [0.1, 0.15) is 5.82 Å². The molecule has 2 bridgehead atoms. The van der Waals surface area contributed by atoms with Crippen molar-refractivity contribution in [3.63, 3.8) is 0 Å². The summed E-state index contributed by atoms with van der Waals surface area (Å²) in [5.41, 5.74) is 3.11. The van der Waals surface area contributed by atoms with Crippen molar-refractivity contribution >= 4 is 67.7 Å². The Morgan fingerprint density at radius 2 is 1.64 bits per heavy atom. The van der Waals surface area contributed by atoms with Crippen LogP contribution in [0.4, 0.5) is 10.1 Å². The molecule has 1 aliphatic heterocycles. The number of anilines is 1. The van der Waals surface area contributed by atoms with Crippen LogP contribution < -0.4 is 4.90 Å². The zero-order valence-corrected chi connectivity index (χ0v) is 25.8. The summed E-state index contributed by atoms with van der Waals surface area (Å²) >= 11 is 9.95. The summed E-state index contributed by atoms with van der Waals surface area (Å²) in [6.45, 7) is 1.25. The number of hydrogen-bond acceptors (Lipinski definition) is 6. The van der Waals surface area contributed by atoms with Gasteiger partial charge < -0.3 is 4.74 Å². The van der Waals surface area contributed by atoms with Gasteiger partial charge in [-0.2, -0.15) is 0 Å². The number of fused-ring (bicyclic) bond motifs is 6. The number of esters is 1. The van der Waals surface area contributed by atoms with E-state index in [1.807, 2.05) is 0 Å². The molecule has 222 valence electrons. The highest BCUT2D eigenvalue weighted by Gasteiger charge is 2.61. The Kier molecular flexibility index (Phi) is 7.13. The fourth-order valence-electron chi connectivity index (χ4n) is 7.15. The van der Waals surface area contributed by atoms with Crippen LogP contribution >= 0.6 is 27.5 Å². The van der Waals surface area contributed by atoms with Gasteiger partial charge in [-0.1, -0.05) is 23.7 Å². The van der Waals surface area contributed by atoms with Crippen LogP contribution in [-0.4, -0.2) is 35.2 Å². The maximum atomic E-state index is 13.4. The van der Waals surface area contributed by atoms with Crippen LogP contribution in [0.15, 0.2) is 65.1 Å². The number of ether oxygens (including phenoxy) is 1. The molecule has 0 N–H and O–H groups in total. The van der Waals surface area contributed by atoms with E-state index in [1.54, 1.807) is 43.3 Å². The molecule has 3 aliphatic rings. The summed E-state index contributed by atoms with van der Waals surface area (Å²) in [7, 11) is 0. The number of aryl methyl sites for hydroxylation is 1.